The standard InChI is InChI=1S/C30H30N3O9PS/c1-4-19-37-28(34)31-22-7-13-25(14-8-22)40-43(44,41-26-15-9-23(10-16-26)32-29(35)38-20-5-2)42-27-17-11-24(12-18-27)33-30(36)39-21-6-3/h4-18H,1-3,19-21H2,(H,31,34)(H,32,35)(H,33,36). The fraction of sp³-hybridized carbons (Fsp3) is 0.100. The number of hydrogen-bond donors (Lipinski definition) is 3. The van der Waals surface area contributed by atoms with Gasteiger partial charge in [0, 0.05) is 28.9 Å². The molecule has 0 unspecified atom stereocenters. The first kappa shape index (κ1) is 33.2. The van der Waals surface area contributed by atoms with Crippen LogP contribution in [-0.2, 0) is 26.0 Å². The molecule has 0 saturated heterocycles. The molecule has 0 spiro atoms. The third-order valence-electron chi connectivity index (χ3n) is 4.95. The molecule has 0 aromatic heterocycles. The van der Waals surface area contributed by atoms with E-state index in [9.17, 15) is 14.4 Å². The number of amides is 3. The fourth-order valence-corrected chi connectivity index (χ4v) is 5.13. The maximum absolute atomic E-state index is 11.8. The number of carbonyl (C=O) groups is 3. The highest BCUT2D eigenvalue weighted by Crippen LogP contribution is 2.50. The number of nitrogens with one attached hydrogen (secondary N) is 3. The Balaban J connectivity index is 1.76. The average Bonchev–Trinajstić information content (AvgIpc) is 3.01. The zero-order valence-corrected chi connectivity index (χ0v) is 25.1. The second kappa shape index (κ2) is 17.0. The Morgan fingerprint density at radius 2 is 0.795 bits per heavy atom. The van der Waals surface area contributed by atoms with Crippen molar-refractivity contribution < 1.29 is 42.2 Å². The van der Waals surface area contributed by atoms with Crippen LogP contribution in [0, 0.1) is 0 Å². The Hall–Kier alpha value is -5.26. The van der Waals surface area contributed by atoms with Gasteiger partial charge in [-0.1, -0.05) is 38.0 Å². The minimum absolute atomic E-state index is 0.0670. The molecule has 14 heteroatoms. The number of ether oxygens (including phenoxy) is 3. The van der Waals surface area contributed by atoms with E-state index in [-0.39, 0.29) is 19.8 Å². The van der Waals surface area contributed by atoms with Crippen LogP contribution in [0.25, 0.3) is 0 Å². The van der Waals surface area contributed by atoms with Gasteiger partial charge < -0.3 is 27.8 Å². The Bertz CT molecular complexity index is 1320. The highest BCUT2D eigenvalue weighted by atomic mass is 32.5. The molecule has 3 N–H and O–H groups in total. The van der Waals surface area contributed by atoms with E-state index in [2.05, 4.69) is 35.7 Å². The zero-order valence-electron chi connectivity index (χ0n) is 23.4. The Morgan fingerprint density at radius 3 is 1.02 bits per heavy atom. The monoisotopic (exact) mass is 639 g/mol. The van der Waals surface area contributed by atoms with Crippen molar-refractivity contribution in [3.05, 3.63) is 111 Å². The maximum atomic E-state index is 11.8. The van der Waals surface area contributed by atoms with Crippen molar-refractivity contribution in [1.82, 2.24) is 0 Å². The van der Waals surface area contributed by atoms with Crippen molar-refractivity contribution in [2.24, 2.45) is 0 Å². The SMILES string of the molecule is C=CCOC(=O)Nc1ccc(OP(=S)(Oc2ccc(NC(=O)OCC=C)cc2)Oc2ccc(NC(=O)OCC=C)cc2)cc1. The molecule has 3 aromatic carbocycles. The van der Waals surface area contributed by atoms with Gasteiger partial charge in [-0.3, -0.25) is 16.0 Å². The lowest BCUT2D eigenvalue weighted by atomic mass is 10.3. The summed E-state index contributed by atoms with van der Waals surface area (Å²) in [5.74, 6) is 0.888. The number of benzene rings is 3. The predicted molar refractivity (Wildman–Crippen MR) is 171 cm³/mol. The van der Waals surface area contributed by atoms with Crippen molar-refractivity contribution in [1.29, 1.82) is 0 Å². The topological polar surface area (TPSA) is 143 Å². The van der Waals surface area contributed by atoms with Crippen molar-refractivity contribution in [3.63, 3.8) is 0 Å². The van der Waals surface area contributed by atoms with Crippen LogP contribution in [0.1, 0.15) is 0 Å². The normalized spacial score (nSPS) is 10.3. The molecule has 0 fully saturated rings. The molecule has 0 bridgehead atoms. The first-order valence-corrected chi connectivity index (χ1v) is 15.4. The van der Waals surface area contributed by atoms with Gasteiger partial charge in [0.05, 0.1) is 0 Å². The minimum Gasteiger partial charge on any atom is -0.445 e. The van der Waals surface area contributed by atoms with Crippen molar-refractivity contribution >= 4 is 53.9 Å². The molecular weight excluding hydrogens is 609 g/mol. The third kappa shape index (κ3) is 11.6. The molecule has 12 nitrogen and oxygen atoms in total. The smallest absolute Gasteiger partial charge is 0.445 e. The van der Waals surface area contributed by atoms with Gasteiger partial charge in [0.25, 0.3) is 0 Å². The van der Waals surface area contributed by atoms with E-state index in [0.29, 0.717) is 34.3 Å². The van der Waals surface area contributed by atoms with E-state index < -0.39 is 25.0 Å². The van der Waals surface area contributed by atoms with Gasteiger partial charge in [0.2, 0.25) is 0 Å². The Labute approximate surface area is 259 Å². The second-order valence-electron chi connectivity index (χ2n) is 8.33. The maximum Gasteiger partial charge on any atom is 0.490 e. The summed E-state index contributed by atoms with van der Waals surface area (Å²) >= 11 is 5.75. The van der Waals surface area contributed by atoms with Gasteiger partial charge in [0.15, 0.2) is 0 Å². The van der Waals surface area contributed by atoms with Crippen LogP contribution < -0.4 is 29.5 Å². The quantitative estimate of drug-likeness (QED) is 0.0862. The molecule has 0 heterocycles. The van der Waals surface area contributed by atoms with E-state index in [1.807, 2.05) is 0 Å². The molecular formula is C30H30N3O9PS. The fourth-order valence-electron chi connectivity index (χ4n) is 3.11. The third-order valence-corrected chi connectivity index (χ3v) is 6.92. The van der Waals surface area contributed by atoms with Crippen LogP contribution in [0.5, 0.6) is 17.2 Å². The first-order valence-electron chi connectivity index (χ1n) is 12.8. The minimum atomic E-state index is -3.59. The summed E-state index contributed by atoms with van der Waals surface area (Å²) in [6.45, 7) is 7.09. The highest BCUT2D eigenvalue weighted by molar-refractivity contribution is 8.08. The predicted octanol–water partition coefficient (Wildman–Crippen LogP) is 7.65. The van der Waals surface area contributed by atoms with Crippen molar-refractivity contribution in [2.75, 3.05) is 35.8 Å². The molecule has 230 valence electrons. The van der Waals surface area contributed by atoms with Gasteiger partial charge in [-0.2, -0.15) is 0 Å². The van der Waals surface area contributed by atoms with E-state index in [4.69, 9.17) is 39.6 Å². The Kier molecular flexibility index (Phi) is 12.8. The van der Waals surface area contributed by atoms with Gasteiger partial charge in [0.1, 0.15) is 37.1 Å². The molecule has 3 aromatic rings. The summed E-state index contributed by atoms with van der Waals surface area (Å²) < 4.78 is 32.9. The van der Waals surface area contributed by atoms with Crippen LogP contribution >= 0.6 is 6.72 Å². The first-order chi connectivity index (χ1) is 21.2. The highest BCUT2D eigenvalue weighted by Gasteiger charge is 2.27. The molecule has 0 radical (unpaired) electrons. The molecule has 44 heavy (non-hydrogen) atoms. The molecule has 3 amide bonds. The number of carbonyl (C=O) groups excluding carboxylic acids is 3. The van der Waals surface area contributed by atoms with Crippen LogP contribution in [-0.4, -0.2) is 38.1 Å². The summed E-state index contributed by atoms with van der Waals surface area (Å²) in [6, 6.07) is 18.9. The summed E-state index contributed by atoms with van der Waals surface area (Å²) in [7, 11) is 0. The zero-order chi connectivity index (χ0) is 31.8. The molecule has 0 aliphatic carbocycles. The van der Waals surface area contributed by atoms with Crippen LogP contribution in [0.2, 0.25) is 0 Å². The lowest BCUT2D eigenvalue weighted by molar-refractivity contribution is 0.173. The van der Waals surface area contributed by atoms with E-state index >= 15 is 0 Å². The summed E-state index contributed by atoms with van der Waals surface area (Å²) in [5.41, 5.74) is 1.35. The van der Waals surface area contributed by atoms with Gasteiger partial charge in [-0.05, 0) is 72.8 Å². The summed E-state index contributed by atoms with van der Waals surface area (Å²) in [4.78, 5) is 35.5. The van der Waals surface area contributed by atoms with E-state index in [0.717, 1.165) is 0 Å². The van der Waals surface area contributed by atoms with Crippen molar-refractivity contribution in [3.8, 4) is 17.2 Å². The number of anilines is 3. The lowest BCUT2D eigenvalue weighted by Crippen LogP contribution is -2.14. The van der Waals surface area contributed by atoms with E-state index in [1.165, 1.54) is 18.2 Å². The van der Waals surface area contributed by atoms with Gasteiger partial charge in [-0.15, -0.1) is 0 Å². The van der Waals surface area contributed by atoms with Crippen LogP contribution in [0.3, 0.4) is 0 Å². The molecule has 0 aliphatic heterocycles. The average molecular weight is 640 g/mol. The molecule has 0 atom stereocenters. The lowest BCUT2D eigenvalue weighted by Gasteiger charge is -2.23. The van der Waals surface area contributed by atoms with Crippen molar-refractivity contribution in [2.45, 2.75) is 0 Å². The molecule has 3 rings (SSSR count). The second-order valence-corrected chi connectivity index (χ2v) is 11.1. The van der Waals surface area contributed by atoms with E-state index in [1.54, 1.807) is 72.8 Å². The number of rotatable bonds is 15. The van der Waals surface area contributed by atoms with Crippen LogP contribution in [0.15, 0.2) is 111 Å². The summed E-state index contributed by atoms with van der Waals surface area (Å²) in [5, 5.41) is 7.72. The molecule has 0 saturated carbocycles. The van der Waals surface area contributed by atoms with Gasteiger partial charge in [-0.25, -0.2) is 14.4 Å². The van der Waals surface area contributed by atoms with Gasteiger partial charge >= 0.3 is 25.0 Å². The van der Waals surface area contributed by atoms with Crippen LogP contribution in [0.4, 0.5) is 31.4 Å². The number of hydrogen-bond acceptors (Lipinski definition) is 10. The molecule has 0 aliphatic rings. The Morgan fingerprint density at radius 1 is 0.545 bits per heavy atom. The largest absolute Gasteiger partial charge is 0.490 e. The summed E-state index contributed by atoms with van der Waals surface area (Å²) in [6.07, 6.45) is 2.42.